The Kier molecular flexibility index (Phi) is 5.46. The van der Waals surface area contributed by atoms with E-state index >= 15 is 0 Å². The standard InChI is InChI=1S/C19H27N3O3/c1-3-25-17-8-6-16(7-9-17)22-13-15(11-18(22)23)20-19(24)21-10-4-5-14(2)12-21/h6-9,14-15H,3-5,10-13H2,1-2H3,(H,20,24). The molecule has 6 heteroatoms. The molecule has 0 aromatic heterocycles. The average Bonchev–Trinajstić information content (AvgIpc) is 2.96. The maximum atomic E-state index is 12.4. The number of hydrogen-bond acceptors (Lipinski definition) is 3. The van der Waals surface area contributed by atoms with Crippen LogP contribution in [0, 0.1) is 5.92 Å². The van der Waals surface area contributed by atoms with Crippen molar-refractivity contribution in [3.05, 3.63) is 24.3 Å². The number of nitrogens with zero attached hydrogens (tertiary/aromatic N) is 2. The number of rotatable bonds is 4. The summed E-state index contributed by atoms with van der Waals surface area (Å²) in [4.78, 5) is 28.4. The Morgan fingerprint density at radius 3 is 2.72 bits per heavy atom. The molecule has 0 aliphatic carbocycles. The molecule has 0 radical (unpaired) electrons. The van der Waals surface area contributed by atoms with Gasteiger partial charge in [0.25, 0.3) is 0 Å². The highest BCUT2D eigenvalue weighted by molar-refractivity contribution is 5.96. The molecule has 1 aromatic rings. The summed E-state index contributed by atoms with van der Waals surface area (Å²) in [7, 11) is 0. The third-order valence-electron chi connectivity index (χ3n) is 4.86. The van der Waals surface area contributed by atoms with Gasteiger partial charge in [-0.25, -0.2) is 4.79 Å². The third kappa shape index (κ3) is 4.24. The number of carbonyl (C=O) groups excluding carboxylic acids is 2. The molecule has 2 atom stereocenters. The minimum absolute atomic E-state index is 0.0430. The number of hydrogen-bond donors (Lipinski definition) is 1. The maximum Gasteiger partial charge on any atom is 0.317 e. The molecule has 25 heavy (non-hydrogen) atoms. The van der Waals surface area contributed by atoms with Crippen molar-refractivity contribution >= 4 is 17.6 Å². The number of likely N-dealkylation sites (tertiary alicyclic amines) is 1. The van der Waals surface area contributed by atoms with Gasteiger partial charge in [-0.1, -0.05) is 6.92 Å². The third-order valence-corrected chi connectivity index (χ3v) is 4.86. The van der Waals surface area contributed by atoms with E-state index in [1.807, 2.05) is 36.1 Å². The number of carbonyl (C=O) groups is 2. The summed E-state index contributed by atoms with van der Waals surface area (Å²) in [5.41, 5.74) is 0.844. The van der Waals surface area contributed by atoms with Gasteiger partial charge in [-0.05, 0) is 49.9 Å². The van der Waals surface area contributed by atoms with E-state index in [4.69, 9.17) is 4.74 Å². The van der Waals surface area contributed by atoms with E-state index < -0.39 is 0 Å². The first-order valence-corrected chi connectivity index (χ1v) is 9.15. The molecule has 2 heterocycles. The first-order chi connectivity index (χ1) is 12.1. The smallest absolute Gasteiger partial charge is 0.317 e. The molecule has 2 unspecified atom stereocenters. The maximum absolute atomic E-state index is 12.4. The van der Waals surface area contributed by atoms with Crippen LogP contribution in [0.5, 0.6) is 5.75 Å². The van der Waals surface area contributed by atoms with E-state index in [-0.39, 0.29) is 18.0 Å². The zero-order valence-corrected chi connectivity index (χ0v) is 15.0. The van der Waals surface area contributed by atoms with Crippen molar-refractivity contribution in [1.82, 2.24) is 10.2 Å². The number of anilines is 1. The van der Waals surface area contributed by atoms with Crippen LogP contribution in [0.25, 0.3) is 0 Å². The summed E-state index contributed by atoms with van der Waals surface area (Å²) in [6.45, 7) is 6.85. The van der Waals surface area contributed by atoms with E-state index in [1.54, 1.807) is 4.90 Å². The van der Waals surface area contributed by atoms with Gasteiger partial charge in [0.05, 0.1) is 12.6 Å². The topological polar surface area (TPSA) is 61.9 Å². The van der Waals surface area contributed by atoms with Crippen LogP contribution in [0.2, 0.25) is 0 Å². The van der Waals surface area contributed by atoms with Crippen LogP contribution in [0.4, 0.5) is 10.5 Å². The van der Waals surface area contributed by atoms with Crippen LogP contribution in [0.3, 0.4) is 0 Å². The molecule has 6 nitrogen and oxygen atoms in total. The molecule has 0 bridgehead atoms. The highest BCUT2D eigenvalue weighted by atomic mass is 16.5. The number of benzene rings is 1. The van der Waals surface area contributed by atoms with Gasteiger partial charge in [0.2, 0.25) is 5.91 Å². The SMILES string of the molecule is CCOc1ccc(N2CC(NC(=O)N3CCCC(C)C3)CC2=O)cc1. The summed E-state index contributed by atoms with van der Waals surface area (Å²) in [5, 5.41) is 3.03. The minimum atomic E-state index is -0.135. The number of nitrogens with one attached hydrogen (secondary N) is 1. The second-order valence-electron chi connectivity index (χ2n) is 6.98. The lowest BCUT2D eigenvalue weighted by Crippen LogP contribution is -2.49. The number of amides is 3. The first kappa shape index (κ1) is 17.6. The van der Waals surface area contributed by atoms with E-state index in [2.05, 4.69) is 12.2 Å². The number of urea groups is 1. The molecule has 2 aliphatic rings. The molecule has 3 amide bonds. The van der Waals surface area contributed by atoms with E-state index in [0.29, 0.717) is 25.5 Å². The molecule has 136 valence electrons. The second-order valence-corrected chi connectivity index (χ2v) is 6.98. The van der Waals surface area contributed by atoms with Crippen molar-refractivity contribution < 1.29 is 14.3 Å². The van der Waals surface area contributed by atoms with Gasteiger partial charge in [0.1, 0.15) is 5.75 Å². The van der Waals surface area contributed by atoms with Gasteiger partial charge in [0.15, 0.2) is 0 Å². The normalized spacial score (nSPS) is 23.7. The fourth-order valence-corrected chi connectivity index (χ4v) is 3.58. The number of ether oxygens (including phenoxy) is 1. The highest BCUT2D eigenvalue weighted by Crippen LogP contribution is 2.24. The van der Waals surface area contributed by atoms with Crippen molar-refractivity contribution in [2.24, 2.45) is 5.92 Å². The molecule has 2 fully saturated rings. The van der Waals surface area contributed by atoms with Gasteiger partial charge in [-0.2, -0.15) is 0 Å². The van der Waals surface area contributed by atoms with Crippen LogP contribution in [-0.2, 0) is 4.79 Å². The molecule has 0 spiro atoms. The Morgan fingerprint density at radius 2 is 2.04 bits per heavy atom. The fraction of sp³-hybridized carbons (Fsp3) is 0.579. The Bertz CT molecular complexity index is 617. The molecular weight excluding hydrogens is 318 g/mol. The zero-order valence-electron chi connectivity index (χ0n) is 15.0. The van der Waals surface area contributed by atoms with Crippen molar-refractivity contribution in [3.8, 4) is 5.75 Å². The summed E-state index contributed by atoms with van der Waals surface area (Å²) in [5.74, 6) is 1.38. The molecule has 1 N–H and O–H groups in total. The van der Waals surface area contributed by atoms with Gasteiger partial charge in [-0.3, -0.25) is 4.79 Å². The predicted molar refractivity (Wildman–Crippen MR) is 96.9 cm³/mol. The lowest BCUT2D eigenvalue weighted by molar-refractivity contribution is -0.117. The van der Waals surface area contributed by atoms with Crippen LogP contribution in [-0.4, -0.2) is 49.1 Å². The molecule has 2 aliphatic heterocycles. The lowest BCUT2D eigenvalue weighted by Gasteiger charge is -2.31. The monoisotopic (exact) mass is 345 g/mol. The summed E-state index contributed by atoms with van der Waals surface area (Å²) in [6, 6.07) is 7.33. The molecule has 3 rings (SSSR count). The lowest BCUT2D eigenvalue weighted by atomic mass is 10.0. The van der Waals surface area contributed by atoms with Crippen LogP contribution < -0.4 is 15.0 Å². The van der Waals surface area contributed by atoms with Crippen LogP contribution in [0.1, 0.15) is 33.1 Å². The Labute approximate surface area is 149 Å². The average molecular weight is 345 g/mol. The minimum Gasteiger partial charge on any atom is -0.494 e. The van der Waals surface area contributed by atoms with Gasteiger partial charge < -0.3 is 19.9 Å². The van der Waals surface area contributed by atoms with E-state index in [1.165, 1.54) is 6.42 Å². The molecule has 2 saturated heterocycles. The van der Waals surface area contributed by atoms with Crippen LogP contribution >= 0.6 is 0 Å². The van der Waals surface area contributed by atoms with Gasteiger partial charge in [-0.15, -0.1) is 0 Å². The van der Waals surface area contributed by atoms with Crippen LogP contribution in [0.15, 0.2) is 24.3 Å². The fourth-order valence-electron chi connectivity index (χ4n) is 3.58. The van der Waals surface area contributed by atoms with Crippen molar-refractivity contribution in [3.63, 3.8) is 0 Å². The second kappa shape index (κ2) is 7.76. The quantitative estimate of drug-likeness (QED) is 0.912. The van der Waals surface area contributed by atoms with Gasteiger partial charge in [0, 0.05) is 31.7 Å². The van der Waals surface area contributed by atoms with Crippen molar-refractivity contribution in [1.29, 1.82) is 0 Å². The summed E-state index contributed by atoms with van der Waals surface area (Å²) in [6.07, 6.45) is 2.58. The first-order valence-electron chi connectivity index (χ1n) is 9.15. The predicted octanol–water partition coefficient (Wildman–Crippen LogP) is 2.63. The Hall–Kier alpha value is -2.24. The Balaban J connectivity index is 1.57. The van der Waals surface area contributed by atoms with Crippen molar-refractivity contribution in [2.45, 2.75) is 39.2 Å². The van der Waals surface area contributed by atoms with E-state index in [0.717, 1.165) is 30.9 Å². The Morgan fingerprint density at radius 1 is 1.28 bits per heavy atom. The molecular formula is C19H27N3O3. The zero-order chi connectivity index (χ0) is 17.8. The van der Waals surface area contributed by atoms with Crippen molar-refractivity contribution in [2.75, 3.05) is 31.1 Å². The van der Waals surface area contributed by atoms with E-state index in [9.17, 15) is 9.59 Å². The molecule has 0 saturated carbocycles. The summed E-state index contributed by atoms with van der Waals surface area (Å²) < 4.78 is 5.43. The van der Waals surface area contributed by atoms with Gasteiger partial charge >= 0.3 is 6.03 Å². The largest absolute Gasteiger partial charge is 0.494 e. The number of piperidine rings is 1. The highest BCUT2D eigenvalue weighted by Gasteiger charge is 2.33. The molecule has 1 aromatic carbocycles. The summed E-state index contributed by atoms with van der Waals surface area (Å²) >= 11 is 0.